The van der Waals surface area contributed by atoms with E-state index in [4.69, 9.17) is 5.14 Å². The molecule has 0 amide bonds. The van der Waals surface area contributed by atoms with Crippen molar-refractivity contribution in [3.63, 3.8) is 0 Å². The molecule has 0 atom stereocenters. The summed E-state index contributed by atoms with van der Waals surface area (Å²) in [5, 5.41) is 17.4. The molecule has 1 aromatic carbocycles. The summed E-state index contributed by atoms with van der Waals surface area (Å²) < 4.78 is 50.6. The van der Waals surface area contributed by atoms with Crippen LogP contribution >= 0.6 is 0 Å². The van der Waals surface area contributed by atoms with E-state index in [1.54, 1.807) is 20.8 Å². The first kappa shape index (κ1) is 20.6. The Kier molecular flexibility index (Phi) is 5.41. The monoisotopic (exact) mass is 400 g/mol. The van der Waals surface area contributed by atoms with Gasteiger partial charge in [0, 0.05) is 12.1 Å². The average molecular weight is 401 g/mol. The third-order valence-corrected chi connectivity index (χ3v) is 7.85. The molecule has 0 radical (unpaired) electrons. The average Bonchev–Trinajstić information content (AvgIpc) is 2.41. The summed E-state index contributed by atoms with van der Waals surface area (Å²) in [4.78, 5) is -0.289. The van der Waals surface area contributed by atoms with Gasteiger partial charge in [-0.1, -0.05) is 12.5 Å². The Morgan fingerprint density at radius 2 is 1.85 bits per heavy atom. The number of hydrogen-bond donors (Lipinski definition) is 3. The highest BCUT2D eigenvalue weighted by Crippen LogP contribution is 2.40. The van der Waals surface area contributed by atoms with Gasteiger partial charge in [-0.3, -0.25) is 0 Å². The van der Waals surface area contributed by atoms with E-state index >= 15 is 0 Å². The van der Waals surface area contributed by atoms with Gasteiger partial charge in [0.2, 0.25) is 20.0 Å². The Labute approximate surface area is 154 Å². The largest absolute Gasteiger partial charge is 0.382 e. The zero-order valence-corrected chi connectivity index (χ0v) is 16.7. The van der Waals surface area contributed by atoms with E-state index in [2.05, 4.69) is 10.0 Å². The summed E-state index contributed by atoms with van der Waals surface area (Å²) in [6, 6.07) is 6.07. The first-order valence-corrected chi connectivity index (χ1v) is 11.2. The molecule has 0 unspecified atom stereocenters. The Balaban J connectivity index is 2.32. The van der Waals surface area contributed by atoms with Gasteiger partial charge < -0.3 is 5.32 Å². The lowest BCUT2D eigenvalue weighted by Crippen LogP contribution is -2.58. The molecule has 0 aromatic heterocycles. The first-order valence-electron chi connectivity index (χ1n) is 8.15. The number of rotatable bonds is 6. The number of anilines is 1. The maximum absolute atomic E-state index is 12.8. The molecule has 0 saturated heterocycles. The number of sulfonamides is 2. The minimum absolute atomic E-state index is 0.0706. The second-order valence-electron chi connectivity index (χ2n) is 7.58. The fourth-order valence-corrected chi connectivity index (χ4v) is 5.73. The lowest BCUT2D eigenvalue weighted by atomic mass is 9.84. The Morgan fingerprint density at radius 3 is 2.27 bits per heavy atom. The van der Waals surface area contributed by atoms with Gasteiger partial charge in [-0.2, -0.15) is 5.26 Å². The molecule has 0 aliphatic heterocycles. The zero-order chi connectivity index (χ0) is 19.8. The SMILES string of the molecule is CC(C)(C)NS(=O)(=O)C1(CNc2cccc(S(N)(=O)=O)c2C#N)CCC1. The Hall–Kier alpha value is -1.67. The van der Waals surface area contributed by atoms with Gasteiger partial charge >= 0.3 is 0 Å². The second kappa shape index (κ2) is 6.81. The molecule has 1 aliphatic carbocycles. The van der Waals surface area contributed by atoms with E-state index in [-0.39, 0.29) is 22.7 Å². The van der Waals surface area contributed by atoms with Crippen molar-refractivity contribution in [2.75, 3.05) is 11.9 Å². The predicted molar refractivity (Wildman–Crippen MR) is 99.4 cm³/mol. The lowest BCUT2D eigenvalue weighted by molar-refractivity contribution is 0.339. The molecule has 0 heterocycles. The molecular formula is C16H24N4O4S2. The molecule has 0 bridgehead atoms. The molecule has 0 spiro atoms. The van der Waals surface area contributed by atoms with Gasteiger partial charge in [-0.25, -0.2) is 26.7 Å². The van der Waals surface area contributed by atoms with Crippen LogP contribution in [-0.2, 0) is 20.0 Å². The van der Waals surface area contributed by atoms with Crippen molar-refractivity contribution in [2.24, 2.45) is 5.14 Å². The molecule has 4 N–H and O–H groups in total. The minimum Gasteiger partial charge on any atom is -0.382 e. The topological polar surface area (TPSA) is 142 Å². The van der Waals surface area contributed by atoms with Crippen molar-refractivity contribution < 1.29 is 16.8 Å². The van der Waals surface area contributed by atoms with Crippen LogP contribution in [0.2, 0.25) is 0 Å². The van der Waals surface area contributed by atoms with E-state index in [9.17, 15) is 22.1 Å². The first-order chi connectivity index (χ1) is 11.8. The molecule has 1 saturated carbocycles. The van der Waals surface area contributed by atoms with Gasteiger partial charge in [-0.05, 0) is 45.7 Å². The third-order valence-electron chi connectivity index (χ3n) is 4.32. The molecule has 1 aromatic rings. The number of hydrogen-bond acceptors (Lipinski definition) is 6. The van der Waals surface area contributed by atoms with Crippen molar-refractivity contribution in [1.29, 1.82) is 5.26 Å². The van der Waals surface area contributed by atoms with E-state index in [1.165, 1.54) is 18.2 Å². The summed E-state index contributed by atoms with van der Waals surface area (Å²) in [5.41, 5.74) is -0.478. The van der Waals surface area contributed by atoms with Gasteiger partial charge in [0.15, 0.2) is 0 Å². The number of benzene rings is 1. The van der Waals surface area contributed by atoms with Gasteiger partial charge in [0.1, 0.15) is 15.7 Å². The molecule has 1 aliphatic rings. The summed E-state index contributed by atoms with van der Waals surface area (Å²) in [7, 11) is -7.67. The highest BCUT2D eigenvalue weighted by atomic mass is 32.2. The van der Waals surface area contributed by atoms with Crippen LogP contribution in [-0.4, -0.2) is 33.7 Å². The van der Waals surface area contributed by atoms with Crippen molar-refractivity contribution in [3.8, 4) is 6.07 Å². The fraction of sp³-hybridized carbons (Fsp3) is 0.562. The Morgan fingerprint density at radius 1 is 1.23 bits per heavy atom. The minimum atomic E-state index is -4.06. The van der Waals surface area contributed by atoms with Crippen LogP contribution in [0.1, 0.15) is 45.6 Å². The quantitative estimate of drug-likeness (QED) is 0.656. The van der Waals surface area contributed by atoms with Crippen LogP contribution in [0.3, 0.4) is 0 Å². The van der Waals surface area contributed by atoms with E-state index in [1.807, 2.05) is 6.07 Å². The normalized spacial score (nSPS) is 17.2. The number of nitrogens with zero attached hydrogens (tertiary/aromatic N) is 1. The number of primary sulfonamides is 1. The lowest BCUT2D eigenvalue weighted by Gasteiger charge is -2.42. The van der Waals surface area contributed by atoms with Crippen LogP contribution in [0.15, 0.2) is 23.1 Å². The number of nitriles is 1. The van der Waals surface area contributed by atoms with Crippen LogP contribution in [0.5, 0.6) is 0 Å². The number of nitrogens with one attached hydrogen (secondary N) is 2. The number of nitrogens with two attached hydrogens (primary N) is 1. The van der Waals surface area contributed by atoms with E-state index < -0.39 is 30.3 Å². The highest BCUT2D eigenvalue weighted by Gasteiger charge is 2.49. The van der Waals surface area contributed by atoms with Crippen molar-refractivity contribution >= 4 is 25.7 Å². The Bertz CT molecular complexity index is 937. The van der Waals surface area contributed by atoms with Gasteiger partial charge in [0.05, 0.1) is 11.3 Å². The molecule has 144 valence electrons. The van der Waals surface area contributed by atoms with Crippen LogP contribution in [0.25, 0.3) is 0 Å². The third kappa shape index (κ3) is 4.17. The van der Waals surface area contributed by atoms with Crippen LogP contribution < -0.4 is 15.2 Å². The smallest absolute Gasteiger partial charge is 0.239 e. The van der Waals surface area contributed by atoms with Crippen molar-refractivity contribution in [3.05, 3.63) is 23.8 Å². The van der Waals surface area contributed by atoms with E-state index in [0.29, 0.717) is 12.8 Å². The van der Waals surface area contributed by atoms with Gasteiger partial charge in [-0.15, -0.1) is 0 Å². The predicted octanol–water partition coefficient (Wildman–Crippen LogP) is 1.26. The van der Waals surface area contributed by atoms with Crippen molar-refractivity contribution in [2.45, 2.75) is 55.2 Å². The maximum Gasteiger partial charge on any atom is 0.239 e. The summed E-state index contributed by atoms with van der Waals surface area (Å²) in [5.74, 6) is 0. The molecule has 2 rings (SSSR count). The summed E-state index contributed by atoms with van der Waals surface area (Å²) in [6.07, 6.45) is 1.76. The molecule has 8 nitrogen and oxygen atoms in total. The second-order valence-corrected chi connectivity index (χ2v) is 11.2. The van der Waals surface area contributed by atoms with E-state index in [0.717, 1.165) is 6.42 Å². The van der Waals surface area contributed by atoms with Gasteiger partial charge in [0.25, 0.3) is 0 Å². The van der Waals surface area contributed by atoms with Crippen molar-refractivity contribution in [1.82, 2.24) is 4.72 Å². The summed E-state index contributed by atoms with van der Waals surface area (Å²) >= 11 is 0. The maximum atomic E-state index is 12.8. The fourth-order valence-electron chi connectivity index (χ4n) is 2.91. The molecular weight excluding hydrogens is 376 g/mol. The standard InChI is InChI=1S/C16H24N4O4S2/c1-15(2,3)20-26(23,24)16(8-5-9-16)11-19-13-6-4-7-14(12(13)10-17)25(18,21)22/h4,6-7,19-20H,5,8-9,11H2,1-3H3,(H2,18,21,22). The van der Waals surface area contributed by atoms with Crippen LogP contribution in [0.4, 0.5) is 5.69 Å². The van der Waals surface area contributed by atoms with Crippen LogP contribution in [0, 0.1) is 11.3 Å². The zero-order valence-electron chi connectivity index (χ0n) is 15.0. The molecule has 26 heavy (non-hydrogen) atoms. The molecule has 10 heteroatoms. The summed E-state index contributed by atoms with van der Waals surface area (Å²) in [6.45, 7) is 5.39. The molecule has 1 fully saturated rings. The highest BCUT2D eigenvalue weighted by molar-refractivity contribution is 7.91.